The molecule has 4 rings (SSSR count). The van der Waals surface area contributed by atoms with Gasteiger partial charge >= 0.3 is 0 Å². The van der Waals surface area contributed by atoms with Gasteiger partial charge in [0, 0.05) is 23.7 Å². The van der Waals surface area contributed by atoms with E-state index in [1.54, 1.807) is 17.4 Å². The summed E-state index contributed by atoms with van der Waals surface area (Å²) in [6.07, 6.45) is 2.76. The molecule has 2 aliphatic rings. The first-order chi connectivity index (χ1) is 11.2. The number of carbonyl (C=O) groups is 1. The lowest BCUT2D eigenvalue weighted by molar-refractivity contribution is -0.0906. The molecule has 4 nitrogen and oxygen atoms in total. The van der Waals surface area contributed by atoms with Gasteiger partial charge in [0.1, 0.15) is 11.3 Å². The molecule has 5 heteroatoms. The molecule has 2 aliphatic heterocycles. The molecular formula is C18H20N2O2S. The minimum absolute atomic E-state index is 0.0331. The van der Waals surface area contributed by atoms with E-state index < -0.39 is 0 Å². The molecule has 1 amide bonds. The van der Waals surface area contributed by atoms with Crippen LogP contribution in [-0.2, 0) is 16.8 Å². The maximum Gasteiger partial charge on any atom is 0.272 e. The molecule has 0 radical (unpaired) electrons. The zero-order valence-corrected chi connectivity index (χ0v) is 14.1. The number of pyridine rings is 1. The standard InChI is InChI=1S/C18H20N2O2S/c1-13-3-2-4-15(19-13)17(21)20-9-7-18(8-10-20)16-14(5-11-22-18)6-12-23-16/h2-4,6,12H,5,7-11H2,1H3. The van der Waals surface area contributed by atoms with E-state index in [1.165, 1.54) is 10.4 Å². The van der Waals surface area contributed by atoms with Gasteiger partial charge in [-0.2, -0.15) is 0 Å². The summed E-state index contributed by atoms with van der Waals surface area (Å²) in [5, 5.41) is 2.16. The number of nitrogens with zero attached hydrogens (tertiary/aromatic N) is 2. The number of piperidine rings is 1. The van der Waals surface area contributed by atoms with E-state index in [-0.39, 0.29) is 11.5 Å². The van der Waals surface area contributed by atoms with Gasteiger partial charge in [-0.25, -0.2) is 4.98 Å². The first-order valence-electron chi connectivity index (χ1n) is 8.12. The molecular weight excluding hydrogens is 308 g/mol. The van der Waals surface area contributed by atoms with Crippen LogP contribution in [0.1, 0.15) is 39.5 Å². The third kappa shape index (κ3) is 2.58. The number of amides is 1. The molecule has 0 aliphatic carbocycles. The molecule has 4 heterocycles. The highest BCUT2D eigenvalue weighted by molar-refractivity contribution is 7.10. The van der Waals surface area contributed by atoms with Crippen LogP contribution < -0.4 is 0 Å². The molecule has 23 heavy (non-hydrogen) atoms. The molecule has 1 fully saturated rings. The van der Waals surface area contributed by atoms with Crippen molar-refractivity contribution in [2.75, 3.05) is 19.7 Å². The minimum atomic E-state index is -0.168. The number of ether oxygens (including phenoxy) is 1. The normalized spacial score (nSPS) is 19.6. The number of hydrogen-bond donors (Lipinski definition) is 0. The van der Waals surface area contributed by atoms with Gasteiger partial charge in [-0.1, -0.05) is 6.07 Å². The van der Waals surface area contributed by atoms with Crippen LogP contribution in [0.15, 0.2) is 29.6 Å². The molecule has 0 atom stereocenters. The fraction of sp³-hybridized carbons (Fsp3) is 0.444. The molecule has 0 aromatic carbocycles. The Morgan fingerprint density at radius 2 is 2.13 bits per heavy atom. The average molecular weight is 328 g/mol. The van der Waals surface area contributed by atoms with E-state index in [9.17, 15) is 4.79 Å². The summed E-state index contributed by atoms with van der Waals surface area (Å²) < 4.78 is 6.20. The Balaban J connectivity index is 1.51. The Bertz CT molecular complexity index is 732. The molecule has 2 aromatic rings. The Kier molecular flexibility index (Phi) is 3.70. The second-order valence-electron chi connectivity index (χ2n) is 6.32. The van der Waals surface area contributed by atoms with Crippen molar-refractivity contribution in [3.05, 3.63) is 51.5 Å². The maximum absolute atomic E-state index is 12.6. The third-order valence-electron chi connectivity index (χ3n) is 4.88. The number of rotatable bonds is 1. The summed E-state index contributed by atoms with van der Waals surface area (Å²) in [4.78, 5) is 20.3. The maximum atomic E-state index is 12.6. The average Bonchev–Trinajstić information content (AvgIpc) is 3.05. The van der Waals surface area contributed by atoms with Gasteiger partial charge in [0.05, 0.1) is 6.61 Å². The Labute approximate surface area is 140 Å². The Hall–Kier alpha value is -1.72. The van der Waals surface area contributed by atoms with Gasteiger partial charge in [-0.15, -0.1) is 11.3 Å². The summed E-state index contributed by atoms with van der Waals surface area (Å²) in [7, 11) is 0. The quantitative estimate of drug-likeness (QED) is 0.807. The van der Waals surface area contributed by atoms with Crippen LogP contribution in [-0.4, -0.2) is 35.5 Å². The van der Waals surface area contributed by atoms with Crippen LogP contribution >= 0.6 is 11.3 Å². The number of aromatic nitrogens is 1. The van der Waals surface area contributed by atoms with Crippen molar-refractivity contribution in [3.8, 4) is 0 Å². The first kappa shape index (κ1) is 14.8. The highest BCUT2D eigenvalue weighted by atomic mass is 32.1. The largest absolute Gasteiger partial charge is 0.369 e. The summed E-state index contributed by atoms with van der Waals surface area (Å²) in [6.45, 7) is 4.16. The molecule has 1 saturated heterocycles. The molecule has 0 bridgehead atoms. The third-order valence-corrected chi connectivity index (χ3v) is 6.02. The fourth-order valence-corrected chi connectivity index (χ4v) is 4.79. The fourth-order valence-electron chi connectivity index (χ4n) is 3.62. The zero-order valence-electron chi connectivity index (χ0n) is 13.2. The number of carbonyl (C=O) groups excluding carboxylic acids is 1. The van der Waals surface area contributed by atoms with Crippen LogP contribution in [0.25, 0.3) is 0 Å². The van der Waals surface area contributed by atoms with Gasteiger partial charge in [-0.05, 0) is 55.3 Å². The number of aryl methyl sites for hydroxylation is 1. The minimum Gasteiger partial charge on any atom is -0.369 e. The summed E-state index contributed by atoms with van der Waals surface area (Å²) in [5.41, 5.74) is 2.69. The van der Waals surface area contributed by atoms with E-state index in [0.29, 0.717) is 5.69 Å². The topological polar surface area (TPSA) is 42.4 Å². The van der Waals surface area contributed by atoms with Crippen molar-refractivity contribution in [2.24, 2.45) is 0 Å². The van der Waals surface area contributed by atoms with Crippen molar-refractivity contribution < 1.29 is 9.53 Å². The van der Waals surface area contributed by atoms with E-state index in [1.807, 2.05) is 24.0 Å². The predicted octanol–water partition coefficient (Wildman–Crippen LogP) is 3.16. The van der Waals surface area contributed by atoms with Crippen LogP contribution in [0.5, 0.6) is 0 Å². The summed E-state index contributed by atoms with van der Waals surface area (Å²) in [6, 6.07) is 7.83. The van der Waals surface area contributed by atoms with Gasteiger partial charge in [0.25, 0.3) is 5.91 Å². The van der Waals surface area contributed by atoms with Crippen molar-refractivity contribution in [1.82, 2.24) is 9.88 Å². The van der Waals surface area contributed by atoms with Crippen molar-refractivity contribution in [3.63, 3.8) is 0 Å². The molecule has 0 N–H and O–H groups in total. The molecule has 0 saturated carbocycles. The SMILES string of the molecule is Cc1cccc(C(=O)N2CCC3(CC2)OCCc2ccsc23)n1. The number of likely N-dealkylation sites (tertiary alicyclic amines) is 1. The highest BCUT2D eigenvalue weighted by Gasteiger charge is 2.42. The first-order valence-corrected chi connectivity index (χ1v) is 9.00. The lowest BCUT2D eigenvalue weighted by atomic mass is 9.85. The second kappa shape index (κ2) is 5.73. The van der Waals surface area contributed by atoms with Crippen LogP contribution in [0.2, 0.25) is 0 Å². The zero-order chi connectivity index (χ0) is 15.9. The van der Waals surface area contributed by atoms with E-state index >= 15 is 0 Å². The smallest absolute Gasteiger partial charge is 0.272 e. The molecule has 1 spiro atoms. The molecule has 0 unspecified atom stereocenters. The van der Waals surface area contributed by atoms with Crippen molar-refractivity contribution in [1.29, 1.82) is 0 Å². The van der Waals surface area contributed by atoms with Gasteiger partial charge in [0.15, 0.2) is 0 Å². The Morgan fingerprint density at radius 1 is 1.30 bits per heavy atom. The highest BCUT2D eigenvalue weighted by Crippen LogP contribution is 2.44. The summed E-state index contributed by atoms with van der Waals surface area (Å²) in [5.74, 6) is 0.0331. The van der Waals surface area contributed by atoms with Crippen LogP contribution in [0.3, 0.4) is 0 Å². The van der Waals surface area contributed by atoms with Crippen molar-refractivity contribution in [2.45, 2.75) is 31.8 Å². The molecule has 120 valence electrons. The lowest BCUT2D eigenvalue weighted by Crippen LogP contribution is -2.48. The van der Waals surface area contributed by atoms with E-state index in [2.05, 4.69) is 16.4 Å². The number of thiophene rings is 1. The van der Waals surface area contributed by atoms with Gasteiger partial charge in [-0.3, -0.25) is 4.79 Å². The van der Waals surface area contributed by atoms with E-state index in [0.717, 1.165) is 44.7 Å². The molecule has 2 aromatic heterocycles. The van der Waals surface area contributed by atoms with Crippen molar-refractivity contribution >= 4 is 17.2 Å². The van der Waals surface area contributed by atoms with Crippen LogP contribution in [0.4, 0.5) is 0 Å². The van der Waals surface area contributed by atoms with E-state index in [4.69, 9.17) is 4.74 Å². The second-order valence-corrected chi connectivity index (χ2v) is 7.24. The summed E-state index contributed by atoms with van der Waals surface area (Å²) >= 11 is 1.80. The predicted molar refractivity (Wildman–Crippen MR) is 89.8 cm³/mol. The Morgan fingerprint density at radius 3 is 2.91 bits per heavy atom. The lowest BCUT2D eigenvalue weighted by Gasteiger charge is -2.43. The monoisotopic (exact) mass is 328 g/mol. The van der Waals surface area contributed by atoms with Crippen LogP contribution in [0, 0.1) is 6.92 Å². The van der Waals surface area contributed by atoms with Gasteiger partial charge in [0.2, 0.25) is 0 Å². The van der Waals surface area contributed by atoms with Gasteiger partial charge < -0.3 is 9.64 Å². The number of hydrogen-bond acceptors (Lipinski definition) is 4. The number of fused-ring (bicyclic) bond motifs is 2.